The molecule has 0 aliphatic heterocycles. The maximum atomic E-state index is 8.36. The molecule has 0 aromatic carbocycles. The monoisotopic (exact) mass is 183 g/mol. The van der Waals surface area contributed by atoms with Gasteiger partial charge in [-0.3, -0.25) is 0 Å². The van der Waals surface area contributed by atoms with Gasteiger partial charge in [0.25, 0.3) is 0 Å². The molecule has 0 aliphatic rings. The molecule has 0 aliphatic carbocycles. The molecule has 1 aromatic heterocycles. The van der Waals surface area contributed by atoms with E-state index in [1.54, 1.807) is 13.2 Å². The Morgan fingerprint density at radius 2 is 2.62 bits per heavy atom. The van der Waals surface area contributed by atoms with Gasteiger partial charge in [0, 0.05) is 0 Å². The van der Waals surface area contributed by atoms with E-state index in [2.05, 4.69) is 10.5 Å². The predicted octanol–water partition coefficient (Wildman–Crippen LogP) is 0.504. The minimum absolute atomic E-state index is 0.159. The van der Waals surface area contributed by atoms with Gasteiger partial charge in [0.15, 0.2) is 5.84 Å². The van der Waals surface area contributed by atoms with Crippen LogP contribution in [0.15, 0.2) is 28.0 Å². The van der Waals surface area contributed by atoms with E-state index in [4.69, 9.17) is 15.4 Å². The van der Waals surface area contributed by atoms with Gasteiger partial charge in [-0.25, -0.2) is 0 Å². The van der Waals surface area contributed by atoms with Gasteiger partial charge < -0.3 is 20.7 Å². The van der Waals surface area contributed by atoms with E-state index in [0.29, 0.717) is 6.54 Å². The summed E-state index contributed by atoms with van der Waals surface area (Å²) in [6, 6.07) is 3.49. The Morgan fingerprint density at radius 3 is 3.15 bits per heavy atom. The number of hydrogen-bond donors (Lipinski definition) is 3. The van der Waals surface area contributed by atoms with Crippen LogP contribution >= 0.6 is 0 Å². The molecule has 0 fully saturated rings. The number of amidine groups is 1. The summed E-state index contributed by atoms with van der Waals surface area (Å²) in [7, 11) is 0. The summed E-state index contributed by atoms with van der Waals surface area (Å²) in [6.45, 7) is 2.36. The largest absolute Gasteiger partial charge is 0.468 e. The summed E-state index contributed by atoms with van der Waals surface area (Å²) in [5.74, 6) is 0.976. The maximum absolute atomic E-state index is 8.36. The van der Waals surface area contributed by atoms with Crippen LogP contribution in [0.4, 0.5) is 0 Å². The molecule has 5 heteroatoms. The quantitative estimate of drug-likeness (QED) is 0.275. The number of hydrogen-bond acceptors (Lipinski definition) is 4. The smallest absolute Gasteiger partial charge is 0.156 e. The van der Waals surface area contributed by atoms with Crippen molar-refractivity contribution in [2.24, 2.45) is 10.9 Å². The molecule has 13 heavy (non-hydrogen) atoms. The van der Waals surface area contributed by atoms with E-state index >= 15 is 0 Å². The van der Waals surface area contributed by atoms with E-state index < -0.39 is 0 Å². The fourth-order valence-electron chi connectivity index (χ4n) is 0.858. The molecule has 1 atom stereocenters. The average molecular weight is 183 g/mol. The summed E-state index contributed by atoms with van der Waals surface area (Å²) >= 11 is 0. The van der Waals surface area contributed by atoms with Crippen LogP contribution in [-0.4, -0.2) is 17.1 Å². The van der Waals surface area contributed by atoms with E-state index in [1.807, 2.05) is 12.1 Å². The molecule has 1 rings (SSSR count). The normalized spacial score (nSPS) is 14.4. The van der Waals surface area contributed by atoms with Crippen molar-refractivity contribution < 1.29 is 9.62 Å². The molecular weight excluding hydrogens is 170 g/mol. The zero-order valence-electron chi connectivity index (χ0n) is 7.40. The first kappa shape index (κ1) is 9.60. The Labute approximate surface area is 76.2 Å². The maximum Gasteiger partial charge on any atom is 0.156 e. The van der Waals surface area contributed by atoms with Gasteiger partial charge >= 0.3 is 0 Å². The highest BCUT2D eigenvalue weighted by atomic mass is 16.4. The van der Waals surface area contributed by atoms with Crippen LogP contribution in [0.25, 0.3) is 0 Å². The van der Waals surface area contributed by atoms with Gasteiger partial charge in [-0.15, -0.1) is 0 Å². The Morgan fingerprint density at radius 1 is 1.85 bits per heavy atom. The van der Waals surface area contributed by atoms with Crippen LogP contribution < -0.4 is 11.1 Å². The molecule has 0 saturated heterocycles. The van der Waals surface area contributed by atoms with Crippen molar-refractivity contribution in [3.63, 3.8) is 0 Å². The highest BCUT2D eigenvalue weighted by Crippen LogP contribution is 1.99. The summed E-state index contributed by atoms with van der Waals surface area (Å²) in [4.78, 5) is 0. The lowest BCUT2D eigenvalue weighted by atomic mass is 10.3. The average Bonchev–Trinajstić information content (AvgIpc) is 2.65. The molecule has 1 aromatic rings. The summed E-state index contributed by atoms with van der Waals surface area (Å²) < 4.78 is 5.09. The van der Waals surface area contributed by atoms with Gasteiger partial charge in [-0.1, -0.05) is 5.16 Å². The second-order valence-corrected chi connectivity index (χ2v) is 2.71. The van der Waals surface area contributed by atoms with E-state index in [0.717, 1.165) is 5.76 Å². The van der Waals surface area contributed by atoms with E-state index in [1.165, 1.54) is 0 Å². The molecule has 0 saturated carbocycles. The van der Waals surface area contributed by atoms with Gasteiger partial charge in [-0.05, 0) is 19.1 Å². The minimum atomic E-state index is -0.171. The van der Waals surface area contributed by atoms with Crippen molar-refractivity contribution in [3.05, 3.63) is 24.2 Å². The third-order valence-corrected chi connectivity index (χ3v) is 1.72. The predicted molar refractivity (Wildman–Crippen MR) is 48.4 cm³/mol. The molecule has 0 amide bonds. The summed E-state index contributed by atoms with van der Waals surface area (Å²) in [6.07, 6.45) is 1.60. The first-order valence-electron chi connectivity index (χ1n) is 3.97. The van der Waals surface area contributed by atoms with Crippen LogP contribution in [0.1, 0.15) is 12.7 Å². The second kappa shape index (κ2) is 4.51. The number of nitrogens with one attached hydrogen (secondary N) is 1. The van der Waals surface area contributed by atoms with Gasteiger partial charge in [0.2, 0.25) is 0 Å². The van der Waals surface area contributed by atoms with Gasteiger partial charge in [-0.2, -0.15) is 0 Å². The second-order valence-electron chi connectivity index (χ2n) is 2.71. The third kappa shape index (κ3) is 2.79. The molecule has 4 N–H and O–H groups in total. The lowest BCUT2D eigenvalue weighted by Crippen LogP contribution is -2.38. The number of nitrogens with two attached hydrogens (primary N) is 1. The molecule has 0 bridgehead atoms. The Hall–Kier alpha value is -1.49. The SMILES string of the molecule is CC(NCc1ccco1)C(N)=NO. The zero-order chi connectivity index (χ0) is 9.68. The highest BCUT2D eigenvalue weighted by Gasteiger charge is 2.06. The molecular formula is C8H13N3O2. The molecule has 1 heterocycles. The minimum Gasteiger partial charge on any atom is -0.468 e. The molecule has 1 unspecified atom stereocenters. The lowest BCUT2D eigenvalue weighted by molar-refractivity contribution is 0.314. The molecule has 0 radical (unpaired) electrons. The zero-order valence-corrected chi connectivity index (χ0v) is 7.40. The molecule has 5 nitrogen and oxygen atoms in total. The van der Waals surface area contributed by atoms with Crippen molar-refractivity contribution in [1.29, 1.82) is 0 Å². The standard InChI is InChI=1S/C8H13N3O2/c1-6(8(9)11-12)10-5-7-3-2-4-13-7/h2-4,6,10,12H,5H2,1H3,(H2,9,11). The van der Waals surface area contributed by atoms with E-state index in [9.17, 15) is 0 Å². The van der Waals surface area contributed by atoms with Gasteiger partial charge in [0.05, 0.1) is 18.8 Å². The summed E-state index contributed by atoms with van der Waals surface area (Å²) in [5, 5.41) is 14.3. The van der Waals surface area contributed by atoms with Crippen LogP contribution in [-0.2, 0) is 6.54 Å². The van der Waals surface area contributed by atoms with Crippen molar-refractivity contribution in [2.75, 3.05) is 0 Å². The Kier molecular flexibility index (Phi) is 3.33. The van der Waals surface area contributed by atoms with Crippen LogP contribution in [0.2, 0.25) is 0 Å². The fourth-order valence-corrected chi connectivity index (χ4v) is 0.858. The number of nitrogens with zero attached hydrogens (tertiary/aromatic N) is 1. The van der Waals surface area contributed by atoms with Crippen molar-refractivity contribution in [1.82, 2.24) is 5.32 Å². The Balaban J connectivity index is 2.35. The number of rotatable bonds is 4. The lowest BCUT2D eigenvalue weighted by Gasteiger charge is -2.09. The fraction of sp³-hybridized carbons (Fsp3) is 0.375. The summed E-state index contributed by atoms with van der Waals surface area (Å²) in [5.41, 5.74) is 5.36. The third-order valence-electron chi connectivity index (χ3n) is 1.72. The number of furan rings is 1. The highest BCUT2D eigenvalue weighted by molar-refractivity contribution is 5.84. The van der Waals surface area contributed by atoms with E-state index in [-0.39, 0.29) is 11.9 Å². The van der Waals surface area contributed by atoms with Crippen LogP contribution in [0.5, 0.6) is 0 Å². The van der Waals surface area contributed by atoms with Crippen molar-refractivity contribution in [3.8, 4) is 0 Å². The van der Waals surface area contributed by atoms with Crippen LogP contribution in [0.3, 0.4) is 0 Å². The van der Waals surface area contributed by atoms with Crippen molar-refractivity contribution in [2.45, 2.75) is 19.5 Å². The van der Waals surface area contributed by atoms with Gasteiger partial charge in [0.1, 0.15) is 5.76 Å². The topological polar surface area (TPSA) is 83.8 Å². The number of oxime groups is 1. The molecule has 72 valence electrons. The Bertz CT molecular complexity index is 269. The van der Waals surface area contributed by atoms with Crippen LogP contribution in [0, 0.1) is 0 Å². The van der Waals surface area contributed by atoms with Crippen molar-refractivity contribution >= 4 is 5.84 Å². The molecule has 0 spiro atoms. The first-order chi connectivity index (χ1) is 6.24. The first-order valence-corrected chi connectivity index (χ1v) is 3.97.